The average Bonchev–Trinajstić information content (AvgIpc) is 2.71. The van der Waals surface area contributed by atoms with Gasteiger partial charge < -0.3 is 15.5 Å². The van der Waals surface area contributed by atoms with Crippen molar-refractivity contribution in [1.82, 2.24) is 9.97 Å². The van der Waals surface area contributed by atoms with Gasteiger partial charge in [0.25, 0.3) is 0 Å². The van der Waals surface area contributed by atoms with Crippen molar-refractivity contribution in [2.24, 2.45) is 0 Å². The molecule has 0 saturated carbocycles. The van der Waals surface area contributed by atoms with Crippen LogP contribution in [0, 0.1) is 11.3 Å². The molecule has 0 aliphatic carbocycles. The summed E-state index contributed by atoms with van der Waals surface area (Å²) in [6.07, 6.45) is 0. The summed E-state index contributed by atoms with van der Waals surface area (Å²) in [7, 11) is 0. The van der Waals surface area contributed by atoms with Crippen molar-refractivity contribution in [1.29, 1.82) is 5.26 Å². The predicted molar refractivity (Wildman–Crippen MR) is 64.3 cm³/mol. The Labute approximate surface area is 98.9 Å². The smallest absolute Gasteiger partial charge is 0.161 e. The van der Waals surface area contributed by atoms with Gasteiger partial charge in [-0.05, 0) is 19.1 Å². The quantitative estimate of drug-likeness (QED) is 0.840. The van der Waals surface area contributed by atoms with Crippen LogP contribution in [0.5, 0.6) is 5.75 Å². The largest absolute Gasteiger partial charge is 0.494 e. The Morgan fingerprint density at radius 3 is 3.00 bits per heavy atom. The number of aromatic nitrogens is 2. The molecule has 0 saturated heterocycles. The maximum Gasteiger partial charge on any atom is 0.161 e. The first-order chi connectivity index (χ1) is 8.24. The molecule has 5 nitrogen and oxygen atoms in total. The van der Waals surface area contributed by atoms with Gasteiger partial charge in [-0.2, -0.15) is 5.26 Å². The number of nitrogens with two attached hydrogens (primary N) is 1. The summed E-state index contributed by atoms with van der Waals surface area (Å²) in [5.41, 5.74) is 6.71. The second-order valence-electron chi connectivity index (χ2n) is 3.42. The molecule has 0 fully saturated rings. The number of nitrogen functional groups attached to an aromatic ring is 1. The molecule has 0 aliphatic rings. The standard InChI is InChI=1S/C12H12N4O/c1-2-17-9-5-3-4-8(6-9)12-15-10(7-13)11(14)16-12/h3-6H,2,14H2,1H3,(H,15,16). The van der Waals surface area contributed by atoms with E-state index in [0.29, 0.717) is 12.4 Å². The zero-order chi connectivity index (χ0) is 12.3. The summed E-state index contributed by atoms with van der Waals surface area (Å²) < 4.78 is 5.39. The molecule has 17 heavy (non-hydrogen) atoms. The molecule has 1 heterocycles. The topological polar surface area (TPSA) is 87.7 Å². The van der Waals surface area contributed by atoms with Crippen molar-refractivity contribution >= 4 is 5.82 Å². The number of benzene rings is 1. The van der Waals surface area contributed by atoms with E-state index < -0.39 is 0 Å². The van der Waals surface area contributed by atoms with E-state index >= 15 is 0 Å². The van der Waals surface area contributed by atoms with E-state index in [9.17, 15) is 0 Å². The van der Waals surface area contributed by atoms with Gasteiger partial charge in [0.05, 0.1) is 6.61 Å². The Morgan fingerprint density at radius 1 is 1.53 bits per heavy atom. The molecule has 0 spiro atoms. The van der Waals surface area contributed by atoms with E-state index in [-0.39, 0.29) is 11.5 Å². The van der Waals surface area contributed by atoms with Crippen LogP contribution < -0.4 is 10.5 Å². The number of H-pyrrole nitrogens is 1. The number of anilines is 1. The molecule has 0 radical (unpaired) electrons. The summed E-state index contributed by atoms with van der Waals surface area (Å²) in [6, 6.07) is 9.41. The summed E-state index contributed by atoms with van der Waals surface area (Å²) in [5, 5.41) is 8.79. The van der Waals surface area contributed by atoms with Gasteiger partial charge in [-0.25, -0.2) is 4.98 Å². The minimum atomic E-state index is 0.212. The van der Waals surface area contributed by atoms with E-state index in [0.717, 1.165) is 11.3 Å². The molecule has 2 rings (SSSR count). The normalized spacial score (nSPS) is 9.88. The second kappa shape index (κ2) is 4.58. The number of hydrogen-bond acceptors (Lipinski definition) is 4. The molecule has 5 heteroatoms. The number of hydrogen-bond donors (Lipinski definition) is 2. The molecule has 3 N–H and O–H groups in total. The van der Waals surface area contributed by atoms with Crippen molar-refractivity contribution in [3.8, 4) is 23.2 Å². The number of rotatable bonds is 3. The maximum atomic E-state index is 8.79. The Bertz CT molecular complexity index is 568. The zero-order valence-corrected chi connectivity index (χ0v) is 9.40. The Balaban J connectivity index is 2.39. The van der Waals surface area contributed by atoms with E-state index in [1.54, 1.807) is 0 Å². The highest BCUT2D eigenvalue weighted by Crippen LogP contribution is 2.23. The van der Waals surface area contributed by atoms with Crippen LogP contribution in [-0.2, 0) is 0 Å². The minimum Gasteiger partial charge on any atom is -0.494 e. The van der Waals surface area contributed by atoms with Crippen molar-refractivity contribution in [2.75, 3.05) is 12.3 Å². The molecule has 0 unspecified atom stereocenters. The fourth-order valence-corrected chi connectivity index (χ4v) is 1.51. The lowest BCUT2D eigenvalue weighted by molar-refractivity contribution is 0.340. The average molecular weight is 228 g/mol. The van der Waals surface area contributed by atoms with Crippen LogP contribution in [0.3, 0.4) is 0 Å². The van der Waals surface area contributed by atoms with E-state index in [1.807, 2.05) is 37.3 Å². The van der Waals surface area contributed by atoms with Crippen LogP contribution in [0.25, 0.3) is 11.4 Å². The van der Waals surface area contributed by atoms with Gasteiger partial charge in [0, 0.05) is 5.56 Å². The molecule has 86 valence electrons. The minimum absolute atomic E-state index is 0.212. The molecule has 0 atom stereocenters. The molecule has 1 aromatic carbocycles. The SMILES string of the molecule is CCOc1cccc(-c2nc(N)c(C#N)[nH]2)c1. The molecular formula is C12H12N4O. The highest BCUT2D eigenvalue weighted by Gasteiger charge is 2.08. The zero-order valence-electron chi connectivity index (χ0n) is 9.40. The highest BCUT2D eigenvalue weighted by molar-refractivity contribution is 5.62. The van der Waals surface area contributed by atoms with Crippen LogP contribution in [0.4, 0.5) is 5.82 Å². The number of ether oxygens (including phenoxy) is 1. The van der Waals surface area contributed by atoms with E-state index in [4.69, 9.17) is 15.7 Å². The van der Waals surface area contributed by atoms with Crippen molar-refractivity contribution in [3.63, 3.8) is 0 Å². The van der Waals surface area contributed by atoms with E-state index in [2.05, 4.69) is 9.97 Å². The Hall–Kier alpha value is -2.48. The third kappa shape index (κ3) is 2.21. The number of aromatic amines is 1. The molecule has 0 amide bonds. The monoisotopic (exact) mass is 228 g/mol. The fraction of sp³-hybridized carbons (Fsp3) is 0.167. The van der Waals surface area contributed by atoms with Gasteiger partial charge in [-0.3, -0.25) is 0 Å². The number of nitriles is 1. The first kappa shape index (κ1) is 11.0. The number of nitrogens with zero attached hydrogens (tertiary/aromatic N) is 2. The third-order valence-corrected chi connectivity index (χ3v) is 2.26. The third-order valence-electron chi connectivity index (χ3n) is 2.26. The molecule has 0 aliphatic heterocycles. The van der Waals surface area contributed by atoms with Crippen molar-refractivity contribution in [2.45, 2.75) is 6.92 Å². The molecule has 2 aromatic rings. The summed E-state index contributed by atoms with van der Waals surface area (Å²) in [6.45, 7) is 2.53. The van der Waals surface area contributed by atoms with Gasteiger partial charge in [0.15, 0.2) is 11.5 Å². The summed E-state index contributed by atoms with van der Waals surface area (Å²) in [5.74, 6) is 1.54. The molecular weight excluding hydrogens is 216 g/mol. The lowest BCUT2D eigenvalue weighted by atomic mass is 10.2. The molecule has 1 aromatic heterocycles. The van der Waals surface area contributed by atoms with Crippen LogP contribution in [-0.4, -0.2) is 16.6 Å². The van der Waals surface area contributed by atoms with Crippen molar-refractivity contribution < 1.29 is 4.74 Å². The maximum absolute atomic E-state index is 8.79. The van der Waals surface area contributed by atoms with Crippen LogP contribution in [0.1, 0.15) is 12.6 Å². The second-order valence-corrected chi connectivity index (χ2v) is 3.42. The first-order valence-electron chi connectivity index (χ1n) is 5.23. The van der Waals surface area contributed by atoms with Crippen molar-refractivity contribution in [3.05, 3.63) is 30.0 Å². The van der Waals surface area contributed by atoms with Gasteiger partial charge in [-0.15, -0.1) is 0 Å². The summed E-state index contributed by atoms with van der Waals surface area (Å²) >= 11 is 0. The predicted octanol–water partition coefficient (Wildman–Crippen LogP) is 1.93. The fourth-order valence-electron chi connectivity index (χ4n) is 1.51. The van der Waals surface area contributed by atoms with Gasteiger partial charge in [0.2, 0.25) is 0 Å². The molecule has 0 bridgehead atoms. The van der Waals surface area contributed by atoms with Gasteiger partial charge in [0.1, 0.15) is 17.6 Å². The van der Waals surface area contributed by atoms with Crippen LogP contribution >= 0.6 is 0 Å². The lowest BCUT2D eigenvalue weighted by Gasteiger charge is -2.03. The number of imidazole rings is 1. The number of nitrogens with one attached hydrogen (secondary N) is 1. The lowest BCUT2D eigenvalue weighted by Crippen LogP contribution is -1.91. The summed E-state index contributed by atoms with van der Waals surface area (Å²) in [4.78, 5) is 6.96. The van der Waals surface area contributed by atoms with E-state index in [1.165, 1.54) is 0 Å². The van der Waals surface area contributed by atoms with Gasteiger partial charge in [-0.1, -0.05) is 12.1 Å². The van der Waals surface area contributed by atoms with Gasteiger partial charge >= 0.3 is 0 Å². The highest BCUT2D eigenvalue weighted by atomic mass is 16.5. The van der Waals surface area contributed by atoms with Crippen LogP contribution in [0.15, 0.2) is 24.3 Å². The first-order valence-corrected chi connectivity index (χ1v) is 5.23. The Kier molecular flexibility index (Phi) is 2.97. The Morgan fingerprint density at radius 2 is 2.35 bits per heavy atom. The van der Waals surface area contributed by atoms with Crippen LogP contribution in [0.2, 0.25) is 0 Å².